The van der Waals surface area contributed by atoms with Crippen molar-refractivity contribution in [2.45, 2.75) is 50.6 Å². The molecule has 2 unspecified atom stereocenters. The summed E-state index contributed by atoms with van der Waals surface area (Å²) in [5, 5.41) is 26.6. The van der Waals surface area contributed by atoms with E-state index >= 15 is 0 Å². The molecule has 3 aromatic rings. The highest BCUT2D eigenvalue weighted by atomic mass is 16.3. The van der Waals surface area contributed by atoms with Crippen LogP contribution in [0.15, 0.2) is 53.5 Å². The smallest absolute Gasteiger partial charge is 0.250 e. The molecule has 5 rings (SSSR count). The number of phenols is 1. The molecule has 2 saturated heterocycles. The molecule has 7 heteroatoms. The van der Waals surface area contributed by atoms with Gasteiger partial charge in [0.2, 0.25) is 0 Å². The van der Waals surface area contributed by atoms with Crippen molar-refractivity contribution in [3.63, 3.8) is 0 Å². The minimum atomic E-state index is -0.0922. The first-order chi connectivity index (χ1) is 15.7. The third-order valence-electron chi connectivity index (χ3n) is 7.26. The van der Waals surface area contributed by atoms with Crippen molar-refractivity contribution in [3.8, 4) is 28.1 Å². The van der Waals surface area contributed by atoms with Crippen LogP contribution in [0.1, 0.15) is 39.5 Å². The maximum absolute atomic E-state index is 11.9. The quantitative estimate of drug-likeness (QED) is 0.551. The van der Waals surface area contributed by atoms with Crippen LogP contribution < -0.4 is 16.2 Å². The fourth-order valence-electron chi connectivity index (χ4n) is 5.68. The van der Waals surface area contributed by atoms with Gasteiger partial charge in [0.25, 0.3) is 5.56 Å². The average Bonchev–Trinajstić information content (AvgIpc) is 3.01. The second-order valence-corrected chi connectivity index (χ2v) is 10.3. The van der Waals surface area contributed by atoms with E-state index in [1.165, 1.54) is 30.3 Å². The van der Waals surface area contributed by atoms with Gasteiger partial charge in [0, 0.05) is 42.5 Å². The van der Waals surface area contributed by atoms with Crippen LogP contribution in [-0.4, -0.2) is 37.5 Å². The van der Waals surface area contributed by atoms with Crippen LogP contribution in [0.25, 0.3) is 22.4 Å². The molecule has 0 radical (unpaired) electrons. The first-order valence-electron chi connectivity index (χ1n) is 11.6. The van der Waals surface area contributed by atoms with Gasteiger partial charge in [-0.1, -0.05) is 6.07 Å². The molecule has 4 heterocycles. The van der Waals surface area contributed by atoms with E-state index < -0.39 is 0 Å². The highest BCUT2D eigenvalue weighted by Crippen LogP contribution is 2.44. The van der Waals surface area contributed by atoms with E-state index in [-0.39, 0.29) is 22.4 Å². The summed E-state index contributed by atoms with van der Waals surface area (Å²) in [6, 6.07) is 12.5. The summed E-state index contributed by atoms with van der Waals surface area (Å²) in [5.41, 5.74) is 3.17. The van der Waals surface area contributed by atoms with E-state index in [2.05, 4.69) is 34.7 Å². The van der Waals surface area contributed by atoms with Gasteiger partial charge in [-0.2, -0.15) is 0 Å². The molecule has 2 bridgehead atoms. The molecule has 2 fully saturated rings. The fraction of sp³-hybridized carbons (Fsp3) is 0.423. The number of aromatic nitrogens is 3. The first kappa shape index (κ1) is 21.6. The van der Waals surface area contributed by atoms with Gasteiger partial charge >= 0.3 is 0 Å². The Bertz CT molecular complexity index is 1220. The Kier molecular flexibility index (Phi) is 5.24. The van der Waals surface area contributed by atoms with Gasteiger partial charge in [-0.15, -0.1) is 10.2 Å². The number of rotatable bonds is 5. The van der Waals surface area contributed by atoms with Crippen LogP contribution in [0.4, 0.5) is 5.82 Å². The minimum Gasteiger partial charge on any atom is -0.507 e. The predicted octanol–water partition coefficient (Wildman–Crippen LogP) is 3.94. The summed E-state index contributed by atoms with van der Waals surface area (Å²) in [5.74, 6) is 1.46. The van der Waals surface area contributed by atoms with Gasteiger partial charge in [-0.05, 0) is 86.9 Å². The van der Waals surface area contributed by atoms with Crippen molar-refractivity contribution in [2.24, 2.45) is 13.0 Å². The van der Waals surface area contributed by atoms with Crippen LogP contribution in [0, 0.1) is 5.92 Å². The summed E-state index contributed by atoms with van der Waals surface area (Å²) in [6.45, 7) is 5.57. The van der Waals surface area contributed by atoms with E-state index in [1.54, 1.807) is 25.4 Å². The van der Waals surface area contributed by atoms with E-state index in [1.807, 2.05) is 30.3 Å². The van der Waals surface area contributed by atoms with Crippen molar-refractivity contribution in [2.75, 3.05) is 11.9 Å². The number of hydrogen-bond acceptors (Lipinski definition) is 6. The number of anilines is 1. The number of fused-ring (bicyclic) bond motifs is 2. The van der Waals surface area contributed by atoms with Gasteiger partial charge in [-0.25, -0.2) is 0 Å². The second-order valence-electron chi connectivity index (χ2n) is 10.3. The lowest BCUT2D eigenvalue weighted by Crippen LogP contribution is -2.54. The van der Waals surface area contributed by atoms with Gasteiger partial charge in [0.1, 0.15) is 11.6 Å². The zero-order valence-corrected chi connectivity index (χ0v) is 19.4. The summed E-state index contributed by atoms with van der Waals surface area (Å²) in [6.07, 6.45) is 6.56. The Morgan fingerprint density at radius 2 is 1.79 bits per heavy atom. The van der Waals surface area contributed by atoms with Gasteiger partial charge < -0.3 is 20.3 Å². The van der Waals surface area contributed by atoms with Crippen LogP contribution in [0.2, 0.25) is 0 Å². The lowest BCUT2D eigenvalue weighted by Gasteiger charge is -2.42. The highest BCUT2D eigenvalue weighted by molar-refractivity contribution is 5.74. The average molecular weight is 446 g/mol. The molecule has 33 heavy (non-hydrogen) atoms. The van der Waals surface area contributed by atoms with Crippen LogP contribution in [-0.2, 0) is 7.05 Å². The molecule has 2 atom stereocenters. The molecule has 1 aromatic carbocycles. The SMILES string of the molecule is Cn1ccc(-c2ccc(-c3ccc(NCC4CC5(C)CCC(C)(C4)N5)nn3)c(O)c2)cc1=O. The number of piperidine rings is 1. The van der Waals surface area contributed by atoms with E-state index in [0.29, 0.717) is 17.2 Å². The third-order valence-corrected chi connectivity index (χ3v) is 7.26. The third kappa shape index (κ3) is 4.37. The Balaban J connectivity index is 1.26. The molecule has 0 amide bonds. The monoisotopic (exact) mass is 445 g/mol. The van der Waals surface area contributed by atoms with Gasteiger partial charge in [0.15, 0.2) is 0 Å². The second kappa shape index (κ2) is 7.99. The first-order valence-corrected chi connectivity index (χ1v) is 11.6. The maximum Gasteiger partial charge on any atom is 0.250 e. The van der Waals surface area contributed by atoms with Crippen molar-refractivity contribution in [1.29, 1.82) is 0 Å². The Morgan fingerprint density at radius 1 is 1.06 bits per heavy atom. The maximum atomic E-state index is 11.9. The lowest BCUT2D eigenvalue weighted by molar-refractivity contribution is 0.178. The van der Waals surface area contributed by atoms with E-state index in [4.69, 9.17) is 0 Å². The summed E-state index contributed by atoms with van der Waals surface area (Å²) in [4.78, 5) is 11.9. The summed E-state index contributed by atoms with van der Waals surface area (Å²) >= 11 is 0. The summed E-state index contributed by atoms with van der Waals surface area (Å²) in [7, 11) is 1.71. The van der Waals surface area contributed by atoms with E-state index in [0.717, 1.165) is 23.5 Å². The van der Waals surface area contributed by atoms with Crippen molar-refractivity contribution >= 4 is 5.82 Å². The molecule has 2 aliphatic rings. The molecular weight excluding hydrogens is 414 g/mol. The lowest BCUT2D eigenvalue weighted by atomic mass is 9.80. The normalized spacial score (nSPS) is 26.3. The zero-order chi connectivity index (χ0) is 23.2. The van der Waals surface area contributed by atoms with Crippen LogP contribution >= 0.6 is 0 Å². The molecule has 0 saturated carbocycles. The van der Waals surface area contributed by atoms with Crippen LogP contribution in [0.3, 0.4) is 0 Å². The van der Waals surface area contributed by atoms with Gasteiger partial charge in [-0.3, -0.25) is 4.79 Å². The molecular formula is C26H31N5O2. The largest absolute Gasteiger partial charge is 0.507 e. The standard InChI is InChI=1S/C26H31N5O2/c1-25-9-10-26(2,30-25)15-17(14-25)16-27-23-7-6-21(28-29-23)20-5-4-18(12-22(20)32)19-8-11-31(3)24(33)13-19/h4-8,11-13,17,30,32H,9-10,14-16H2,1-3H3,(H,27,29). The van der Waals surface area contributed by atoms with Crippen molar-refractivity contribution in [1.82, 2.24) is 20.1 Å². The molecule has 0 aliphatic carbocycles. The Labute approximate surface area is 193 Å². The molecule has 2 aromatic heterocycles. The van der Waals surface area contributed by atoms with E-state index in [9.17, 15) is 9.90 Å². The molecule has 7 nitrogen and oxygen atoms in total. The Hall–Kier alpha value is -3.19. The number of hydrogen-bond donors (Lipinski definition) is 3. The van der Waals surface area contributed by atoms with Crippen LogP contribution in [0.5, 0.6) is 5.75 Å². The molecule has 172 valence electrons. The zero-order valence-electron chi connectivity index (χ0n) is 19.4. The topological polar surface area (TPSA) is 92.1 Å². The number of phenolic OH excluding ortho intramolecular Hbond substituents is 1. The number of benzene rings is 1. The Morgan fingerprint density at radius 3 is 2.42 bits per heavy atom. The number of nitrogens with one attached hydrogen (secondary N) is 2. The predicted molar refractivity (Wildman–Crippen MR) is 130 cm³/mol. The highest BCUT2D eigenvalue weighted by Gasteiger charge is 2.48. The fourth-order valence-corrected chi connectivity index (χ4v) is 5.68. The van der Waals surface area contributed by atoms with Crippen molar-refractivity contribution in [3.05, 3.63) is 59.0 Å². The van der Waals surface area contributed by atoms with Crippen molar-refractivity contribution < 1.29 is 5.11 Å². The molecule has 3 N–H and O–H groups in total. The number of nitrogens with zero attached hydrogens (tertiary/aromatic N) is 3. The summed E-state index contributed by atoms with van der Waals surface area (Å²) < 4.78 is 1.51. The minimum absolute atomic E-state index is 0.0922. The number of pyridine rings is 1. The molecule has 2 aliphatic heterocycles. The van der Waals surface area contributed by atoms with Gasteiger partial charge in [0.05, 0.1) is 5.69 Å². The molecule has 0 spiro atoms. The number of aromatic hydroxyl groups is 1. The number of aryl methyl sites for hydroxylation is 1.